The van der Waals surface area contributed by atoms with Crippen molar-refractivity contribution in [1.29, 1.82) is 0 Å². The summed E-state index contributed by atoms with van der Waals surface area (Å²) in [7, 11) is 0. The van der Waals surface area contributed by atoms with Crippen molar-refractivity contribution in [2.45, 2.75) is 13.8 Å². The third kappa shape index (κ3) is 5.57. The fraction of sp³-hybridized carbons (Fsp3) is 0.167. The number of Topliss-reactive ketones (excluding diaryl/α,β-unsaturated/α-hetero) is 1. The van der Waals surface area contributed by atoms with Crippen LogP contribution in [0.15, 0.2) is 18.2 Å². The van der Waals surface area contributed by atoms with Crippen LogP contribution >= 0.6 is 48.6 Å². The van der Waals surface area contributed by atoms with Crippen LogP contribution in [0.25, 0.3) is 10.2 Å². The minimum Gasteiger partial charge on any atom is -0.332 e. The van der Waals surface area contributed by atoms with Gasteiger partial charge in [0.25, 0.3) is 0 Å². The molecular formula is C12H11I2N2O2SW-. The summed E-state index contributed by atoms with van der Waals surface area (Å²) in [6.45, 7) is 3.15. The molecule has 1 heterocycles. The first kappa shape index (κ1) is 20.3. The van der Waals surface area contributed by atoms with E-state index in [-0.39, 0.29) is 32.8 Å². The molecule has 8 heteroatoms. The summed E-state index contributed by atoms with van der Waals surface area (Å²) in [5.41, 5.74) is 1.42. The Morgan fingerprint density at radius 2 is 2.00 bits per heavy atom. The molecule has 1 amide bonds. The first-order chi connectivity index (χ1) is 9.10. The number of fused-ring (bicyclic) bond motifs is 1. The molecule has 2 aromatic rings. The van der Waals surface area contributed by atoms with Crippen molar-refractivity contribution < 1.29 is 30.7 Å². The SMILES string of the molecule is C[CH-]C(=O)c1ccc2nc(NC(C)=O)sc2c1.II.[W]. The van der Waals surface area contributed by atoms with Crippen molar-refractivity contribution in [3.8, 4) is 0 Å². The number of carbonyl (C=O) groups is 2. The van der Waals surface area contributed by atoms with Crippen LogP contribution in [0.5, 0.6) is 0 Å². The van der Waals surface area contributed by atoms with Gasteiger partial charge in [-0.25, -0.2) is 4.98 Å². The van der Waals surface area contributed by atoms with Gasteiger partial charge in [0.2, 0.25) is 5.91 Å². The molecule has 0 aliphatic heterocycles. The number of thiazole rings is 1. The number of hydrogen-bond donors (Lipinski definition) is 1. The Labute approximate surface area is 159 Å². The van der Waals surface area contributed by atoms with Gasteiger partial charge in [0.1, 0.15) is 0 Å². The molecular weight excluding hydrogens is 674 g/mol. The maximum atomic E-state index is 11.5. The topological polar surface area (TPSA) is 59.1 Å². The van der Waals surface area contributed by atoms with E-state index in [1.54, 1.807) is 25.1 Å². The van der Waals surface area contributed by atoms with E-state index >= 15 is 0 Å². The Morgan fingerprint density at radius 1 is 1.35 bits per heavy atom. The Bertz CT molecular complexity index is 604. The molecule has 0 atom stereocenters. The minimum absolute atomic E-state index is 0. The molecule has 0 aliphatic rings. The van der Waals surface area contributed by atoms with E-state index in [2.05, 4.69) is 47.5 Å². The average molecular weight is 685 g/mol. The molecule has 0 saturated heterocycles. The van der Waals surface area contributed by atoms with Gasteiger partial charge in [0.05, 0.1) is 5.52 Å². The molecule has 1 aromatic carbocycles. The molecule has 2 rings (SSSR count). The third-order valence-corrected chi connectivity index (χ3v) is 3.15. The van der Waals surface area contributed by atoms with Crippen LogP contribution in [0.3, 0.4) is 0 Å². The van der Waals surface area contributed by atoms with Crippen LogP contribution < -0.4 is 5.32 Å². The molecule has 0 unspecified atom stereocenters. The smallest absolute Gasteiger partial charge is 0.223 e. The largest absolute Gasteiger partial charge is 0.332 e. The second kappa shape index (κ2) is 10.1. The standard InChI is InChI=1S/C12H11N2O2S.I2.W/c1-3-10(16)8-4-5-9-11(6-8)17-12(14-9)13-7(2)15;1-2;/h3-6H,1-2H3,(H,13,14,15);;/q-1;;. The molecule has 1 N–H and O–H groups in total. The van der Waals surface area contributed by atoms with Crippen molar-refractivity contribution in [3.63, 3.8) is 0 Å². The summed E-state index contributed by atoms with van der Waals surface area (Å²) in [5, 5.41) is 3.19. The summed E-state index contributed by atoms with van der Waals surface area (Å²) < 4.78 is 0.890. The van der Waals surface area contributed by atoms with Crippen molar-refractivity contribution in [1.82, 2.24) is 4.98 Å². The number of aromatic nitrogens is 1. The quantitative estimate of drug-likeness (QED) is 0.296. The third-order valence-electron chi connectivity index (χ3n) is 2.22. The minimum atomic E-state index is -0.151. The molecule has 0 spiro atoms. The van der Waals surface area contributed by atoms with Crippen molar-refractivity contribution in [2.75, 3.05) is 5.32 Å². The molecule has 0 aliphatic carbocycles. The van der Waals surface area contributed by atoms with E-state index in [4.69, 9.17) is 0 Å². The summed E-state index contributed by atoms with van der Waals surface area (Å²) in [6.07, 6.45) is 1.52. The molecule has 0 radical (unpaired) electrons. The number of rotatable bonds is 3. The van der Waals surface area contributed by atoms with Crippen molar-refractivity contribution >= 4 is 75.6 Å². The van der Waals surface area contributed by atoms with E-state index < -0.39 is 0 Å². The Kier molecular flexibility index (Phi) is 10.2. The van der Waals surface area contributed by atoms with E-state index in [1.807, 2.05) is 0 Å². The van der Waals surface area contributed by atoms with Crippen LogP contribution in [-0.4, -0.2) is 16.7 Å². The Morgan fingerprint density at radius 3 is 2.55 bits per heavy atom. The van der Waals surface area contributed by atoms with Gasteiger partial charge in [-0.1, -0.05) is 17.4 Å². The molecule has 0 bridgehead atoms. The van der Waals surface area contributed by atoms with Crippen LogP contribution in [0, 0.1) is 6.42 Å². The van der Waals surface area contributed by atoms with E-state index in [0.717, 1.165) is 10.2 Å². The number of ketones is 1. The predicted molar refractivity (Wildman–Crippen MR) is 96.3 cm³/mol. The van der Waals surface area contributed by atoms with Gasteiger partial charge in [0, 0.05) is 75.7 Å². The second-order valence-corrected chi connectivity index (χ2v) is 4.57. The second-order valence-electron chi connectivity index (χ2n) is 3.54. The van der Waals surface area contributed by atoms with Gasteiger partial charge in [-0.15, -0.1) is 24.6 Å². The number of halogens is 2. The first-order valence-electron chi connectivity index (χ1n) is 5.26. The van der Waals surface area contributed by atoms with Crippen molar-refractivity contribution in [2.24, 2.45) is 0 Å². The normalized spacial score (nSPS) is 9.00. The maximum Gasteiger partial charge on any atom is 0.223 e. The summed E-state index contributed by atoms with van der Waals surface area (Å²) >= 11 is 5.60. The first-order valence-corrected chi connectivity index (χ1v) is 12.4. The number of anilines is 1. The van der Waals surface area contributed by atoms with Crippen LogP contribution in [0.2, 0.25) is 0 Å². The molecule has 108 valence electrons. The van der Waals surface area contributed by atoms with E-state index in [9.17, 15) is 9.59 Å². The number of nitrogens with one attached hydrogen (secondary N) is 1. The average Bonchev–Trinajstić information content (AvgIpc) is 2.80. The molecule has 4 nitrogen and oxygen atoms in total. The molecule has 20 heavy (non-hydrogen) atoms. The summed E-state index contributed by atoms with van der Waals surface area (Å²) in [6, 6.07) is 5.32. The van der Waals surface area contributed by atoms with Gasteiger partial charge in [-0.2, -0.15) is 6.42 Å². The zero-order chi connectivity index (χ0) is 14.4. The van der Waals surface area contributed by atoms with Gasteiger partial charge < -0.3 is 10.1 Å². The molecule has 1 aromatic heterocycles. The maximum absolute atomic E-state index is 11.5. The summed E-state index contributed by atoms with van der Waals surface area (Å²) in [4.78, 5) is 26.7. The van der Waals surface area contributed by atoms with Gasteiger partial charge in [-0.3, -0.25) is 4.79 Å². The van der Waals surface area contributed by atoms with E-state index in [1.165, 1.54) is 24.7 Å². The van der Waals surface area contributed by atoms with Crippen molar-refractivity contribution in [3.05, 3.63) is 30.2 Å². The van der Waals surface area contributed by atoms with Gasteiger partial charge >= 0.3 is 0 Å². The number of nitrogens with zero attached hydrogens (tertiary/aromatic N) is 1. The molecule has 0 saturated carbocycles. The number of hydrogen-bond acceptors (Lipinski definition) is 4. The zero-order valence-corrected chi connectivity index (χ0v) is 18.7. The molecule has 0 fully saturated rings. The fourth-order valence-electron chi connectivity index (χ4n) is 1.45. The fourth-order valence-corrected chi connectivity index (χ4v) is 2.40. The zero-order valence-electron chi connectivity index (χ0n) is 10.6. The predicted octanol–water partition coefficient (Wildman–Crippen LogP) is 4.43. The van der Waals surface area contributed by atoms with Gasteiger partial charge in [0.15, 0.2) is 5.13 Å². The monoisotopic (exact) mass is 685 g/mol. The van der Waals surface area contributed by atoms with Gasteiger partial charge in [-0.05, 0) is 0 Å². The van der Waals surface area contributed by atoms with Crippen LogP contribution in [0.4, 0.5) is 5.13 Å². The summed E-state index contributed by atoms with van der Waals surface area (Å²) in [5.74, 6) is -0.163. The van der Waals surface area contributed by atoms with Crippen LogP contribution in [-0.2, 0) is 25.9 Å². The van der Waals surface area contributed by atoms with Crippen LogP contribution in [0.1, 0.15) is 24.2 Å². The number of benzene rings is 1. The number of amides is 1. The Hall–Kier alpha value is 0.268. The number of carbonyl (C=O) groups excluding carboxylic acids is 2. The Balaban J connectivity index is 0.00000115. The van der Waals surface area contributed by atoms with E-state index in [0.29, 0.717) is 10.7 Å².